The molecule has 0 radical (unpaired) electrons. The first-order valence-electron chi connectivity index (χ1n) is 6.03. The number of carbonyl (C=O) groups excluding carboxylic acids is 1. The second-order valence-electron chi connectivity index (χ2n) is 4.50. The number of nitrogens with two attached hydrogens (primary N) is 1. The van der Waals surface area contributed by atoms with Crippen LogP contribution >= 0.6 is 0 Å². The highest BCUT2D eigenvalue weighted by Gasteiger charge is 2.23. The zero-order chi connectivity index (χ0) is 12.5. The molecule has 0 saturated carbocycles. The molecule has 1 aromatic carbocycles. The van der Waals surface area contributed by atoms with Gasteiger partial charge < -0.3 is 15.0 Å². The highest BCUT2D eigenvalue weighted by atomic mass is 16.5. The smallest absolute Gasteiger partial charge is 0.271 e. The van der Waals surface area contributed by atoms with Crippen LogP contribution in [0.3, 0.4) is 0 Å². The molecule has 1 fully saturated rings. The summed E-state index contributed by atoms with van der Waals surface area (Å²) in [5.41, 5.74) is 7.27. The molecular formula is C13H14N2O3. The summed E-state index contributed by atoms with van der Waals surface area (Å²) in [5.74, 6) is -0.173. The molecule has 1 aromatic heterocycles. The van der Waals surface area contributed by atoms with E-state index in [9.17, 15) is 4.79 Å². The molecule has 5 heteroatoms. The Morgan fingerprint density at radius 3 is 2.83 bits per heavy atom. The Balaban J connectivity index is 2.15. The summed E-state index contributed by atoms with van der Waals surface area (Å²) in [5, 5.41) is 4.53. The molecule has 2 N–H and O–H groups in total. The van der Waals surface area contributed by atoms with E-state index < -0.39 is 5.91 Å². The van der Waals surface area contributed by atoms with Crippen LogP contribution in [-0.2, 0) is 4.74 Å². The summed E-state index contributed by atoms with van der Waals surface area (Å²) in [7, 11) is 0. The number of amides is 1. The molecule has 1 aliphatic heterocycles. The normalized spacial score (nSPS) is 17.1. The van der Waals surface area contributed by atoms with Crippen molar-refractivity contribution in [2.45, 2.75) is 18.8 Å². The van der Waals surface area contributed by atoms with E-state index in [-0.39, 0.29) is 5.69 Å². The van der Waals surface area contributed by atoms with Gasteiger partial charge in [0.2, 0.25) is 0 Å². The first-order valence-corrected chi connectivity index (χ1v) is 6.03. The third kappa shape index (κ3) is 1.76. The summed E-state index contributed by atoms with van der Waals surface area (Å²) in [4.78, 5) is 11.4. The van der Waals surface area contributed by atoms with Gasteiger partial charge in [-0.3, -0.25) is 4.79 Å². The Morgan fingerprint density at radius 2 is 2.11 bits per heavy atom. The molecule has 1 aliphatic rings. The van der Waals surface area contributed by atoms with Crippen LogP contribution < -0.4 is 5.73 Å². The number of hydrogen-bond donors (Lipinski definition) is 1. The maximum absolute atomic E-state index is 11.4. The van der Waals surface area contributed by atoms with Crippen LogP contribution in [0.15, 0.2) is 22.7 Å². The quantitative estimate of drug-likeness (QED) is 0.876. The van der Waals surface area contributed by atoms with Crippen LogP contribution in [0.2, 0.25) is 0 Å². The van der Waals surface area contributed by atoms with Crippen LogP contribution in [0.4, 0.5) is 0 Å². The molecule has 0 aliphatic carbocycles. The van der Waals surface area contributed by atoms with Crippen molar-refractivity contribution in [3.63, 3.8) is 0 Å². The van der Waals surface area contributed by atoms with E-state index in [4.69, 9.17) is 15.0 Å². The van der Waals surface area contributed by atoms with Gasteiger partial charge in [0, 0.05) is 13.2 Å². The Labute approximate surface area is 104 Å². The molecular weight excluding hydrogens is 232 g/mol. The third-order valence-corrected chi connectivity index (χ3v) is 3.43. The van der Waals surface area contributed by atoms with Crippen molar-refractivity contribution in [1.29, 1.82) is 0 Å². The molecule has 5 nitrogen and oxygen atoms in total. The number of aromatic nitrogens is 1. The van der Waals surface area contributed by atoms with Crippen LogP contribution in [0.5, 0.6) is 0 Å². The average molecular weight is 246 g/mol. The molecule has 2 heterocycles. The molecule has 0 spiro atoms. The van der Waals surface area contributed by atoms with Gasteiger partial charge in [-0.05, 0) is 30.4 Å². The van der Waals surface area contributed by atoms with Crippen molar-refractivity contribution >= 4 is 16.9 Å². The number of hydrogen-bond acceptors (Lipinski definition) is 4. The lowest BCUT2D eigenvalue weighted by atomic mass is 9.89. The number of benzene rings is 1. The summed E-state index contributed by atoms with van der Waals surface area (Å²) >= 11 is 0. The summed E-state index contributed by atoms with van der Waals surface area (Å²) in [6.07, 6.45) is 1.89. The van der Waals surface area contributed by atoms with Gasteiger partial charge in [0.1, 0.15) is 0 Å². The van der Waals surface area contributed by atoms with Crippen LogP contribution in [0.25, 0.3) is 11.0 Å². The number of nitrogens with zero attached hydrogens (tertiary/aromatic N) is 1. The standard InChI is InChI=1S/C13H14N2O3/c14-13(16)12-11-9(8-4-6-17-7-5-8)2-1-3-10(11)18-15-12/h1-3,8H,4-7H2,(H2,14,16). The summed E-state index contributed by atoms with van der Waals surface area (Å²) in [6.45, 7) is 1.50. The van der Waals surface area contributed by atoms with E-state index in [1.165, 1.54) is 0 Å². The number of carbonyl (C=O) groups is 1. The van der Waals surface area contributed by atoms with E-state index in [0.717, 1.165) is 37.0 Å². The van der Waals surface area contributed by atoms with Crippen LogP contribution in [0.1, 0.15) is 34.8 Å². The van der Waals surface area contributed by atoms with Gasteiger partial charge in [0.15, 0.2) is 11.3 Å². The number of fused-ring (bicyclic) bond motifs is 1. The monoisotopic (exact) mass is 246 g/mol. The van der Waals surface area contributed by atoms with Crippen LogP contribution in [0, 0.1) is 0 Å². The highest BCUT2D eigenvalue weighted by molar-refractivity contribution is 6.04. The topological polar surface area (TPSA) is 78.4 Å². The maximum Gasteiger partial charge on any atom is 0.271 e. The van der Waals surface area contributed by atoms with Crippen molar-refractivity contribution in [3.05, 3.63) is 29.5 Å². The summed E-state index contributed by atoms with van der Waals surface area (Å²) < 4.78 is 10.5. The van der Waals surface area contributed by atoms with Crippen molar-refractivity contribution in [3.8, 4) is 0 Å². The zero-order valence-corrected chi connectivity index (χ0v) is 9.89. The number of ether oxygens (including phenoxy) is 1. The first kappa shape index (κ1) is 11.2. The molecule has 1 saturated heterocycles. The van der Waals surface area contributed by atoms with Gasteiger partial charge in [-0.1, -0.05) is 17.3 Å². The maximum atomic E-state index is 11.4. The average Bonchev–Trinajstić information content (AvgIpc) is 2.83. The molecule has 3 rings (SSSR count). The van der Waals surface area contributed by atoms with Gasteiger partial charge in [-0.15, -0.1) is 0 Å². The molecule has 94 valence electrons. The second-order valence-corrected chi connectivity index (χ2v) is 4.50. The van der Waals surface area contributed by atoms with Crippen molar-refractivity contribution in [1.82, 2.24) is 5.16 Å². The lowest BCUT2D eigenvalue weighted by molar-refractivity contribution is 0.0856. The molecule has 0 unspecified atom stereocenters. The minimum Gasteiger partial charge on any atom is -0.381 e. The molecule has 0 bridgehead atoms. The fraction of sp³-hybridized carbons (Fsp3) is 0.385. The van der Waals surface area contributed by atoms with Crippen LogP contribution in [-0.4, -0.2) is 24.3 Å². The molecule has 1 amide bonds. The lowest BCUT2D eigenvalue weighted by Crippen LogP contribution is -2.16. The van der Waals surface area contributed by atoms with E-state index >= 15 is 0 Å². The van der Waals surface area contributed by atoms with E-state index in [1.54, 1.807) is 6.07 Å². The second kappa shape index (κ2) is 4.42. The summed E-state index contributed by atoms with van der Waals surface area (Å²) in [6, 6.07) is 5.74. The van der Waals surface area contributed by atoms with Gasteiger partial charge >= 0.3 is 0 Å². The molecule has 0 atom stereocenters. The van der Waals surface area contributed by atoms with E-state index in [2.05, 4.69) is 5.16 Å². The third-order valence-electron chi connectivity index (χ3n) is 3.43. The van der Waals surface area contributed by atoms with Gasteiger partial charge in [-0.25, -0.2) is 0 Å². The minimum absolute atomic E-state index is 0.229. The fourth-order valence-corrected chi connectivity index (χ4v) is 2.54. The largest absolute Gasteiger partial charge is 0.381 e. The lowest BCUT2D eigenvalue weighted by Gasteiger charge is -2.22. The minimum atomic E-state index is -0.548. The Morgan fingerprint density at radius 1 is 1.33 bits per heavy atom. The van der Waals surface area contributed by atoms with Crippen molar-refractivity contribution in [2.75, 3.05) is 13.2 Å². The van der Waals surface area contributed by atoms with Gasteiger partial charge in [0.25, 0.3) is 5.91 Å². The van der Waals surface area contributed by atoms with Crippen molar-refractivity contribution < 1.29 is 14.1 Å². The van der Waals surface area contributed by atoms with Gasteiger partial charge in [0.05, 0.1) is 5.39 Å². The fourth-order valence-electron chi connectivity index (χ4n) is 2.54. The van der Waals surface area contributed by atoms with E-state index in [1.807, 2.05) is 12.1 Å². The van der Waals surface area contributed by atoms with Crippen molar-refractivity contribution in [2.24, 2.45) is 5.73 Å². The number of rotatable bonds is 2. The first-order chi connectivity index (χ1) is 8.77. The predicted octanol–water partition coefficient (Wildman–Crippen LogP) is 1.82. The molecule has 18 heavy (non-hydrogen) atoms. The molecule has 2 aromatic rings. The Bertz CT molecular complexity index is 585. The Hall–Kier alpha value is -1.88. The SMILES string of the molecule is NC(=O)c1noc2cccc(C3CCOCC3)c12. The Kier molecular flexibility index (Phi) is 2.76. The number of primary amides is 1. The zero-order valence-electron chi connectivity index (χ0n) is 9.89. The van der Waals surface area contributed by atoms with E-state index in [0.29, 0.717) is 11.5 Å². The highest BCUT2D eigenvalue weighted by Crippen LogP contribution is 2.33. The predicted molar refractivity (Wildman–Crippen MR) is 65.3 cm³/mol. The van der Waals surface area contributed by atoms with Gasteiger partial charge in [-0.2, -0.15) is 0 Å².